The fourth-order valence-electron chi connectivity index (χ4n) is 1.25. The van der Waals surface area contributed by atoms with Gasteiger partial charge in [-0.25, -0.2) is 0 Å². The molecule has 1 aromatic carbocycles. The Bertz CT molecular complexity index is 382. The third-order valence-electron chi connectivity index (χ3n) is 2.15. The predicted molar refractivity (Wildman–Crippen MR) is 62.3 cm³/mol. The molecule has 98 valence electrons. The molecule has 0 heterocycles. The van der Waals surface area contributed by atoms with Gasteiger partial charge in [0.1, 0.15) is 0 Å². The summed E-state index contributed by atoms with van der Waals surface area (Å²) in [6, 6.07) is 2.14. The van der Waals surface area contributed by atoms with Gasteiger partial charge in [0.25, 0.3) is 0 Å². The van der Waals surface area contributed by atoms with Crippen molar-refractivity contribution in [2.75, 3.05) is 0 Å². The van der Waals surface area contributed by atoms with Crippen molar-refractivity contribution in [3.8, 4) is 0 Å². The minimum Gasteiger partial charge on any atom is -0.391 e. The van der Waals surface area contributed by atoms with Gasteiger partial charge in [-0.2, -0.15) is 13.2 Å². The van der Waals surface area contributed by atoms with Gasteiger partial charge in [-0.05, 0) is 30.7 Å². The number of alkyl halides is 3. The first-order chi connectivity index (χ1) is 7.21. The lowest BCUT2D eigenvalue weighted by Crippen LogP contribution is -2.23. The molecule has 0 unspecified atom stereocenters. The van der Waals surface area contributed by atoms with Gasteiger partial charge in [0, 0.05) is 5.02 Å². The van der Waals surface area contributed by atoms with Crippen LogP contribution >= 0.6 is 24.0 Å². The van der Waals surface area contributed by atoms with E-state index < -0.39 is 23.9 Å². The van der Waals surface area contributed by atoms with E-state index in [0.29, 0.717) is 0 Å². The summed E-state index contributed by atoms with van der Waals surface area (Å²) in [7, 11) is 0. The van der Waals surface area contributed by atoms with E-state index in [4.69, 9.17) is 17.3 Å². The maximum absolute atomic E-state index is 12.5. The van der Waals surface area contributed by atoms with Gasteiger partial charge < -0.3 is 10.8 Å². The number of rotatable bonds is 2. The van der Waals surface area contributed by atoms with Crippen LogP contribution in [0.15, 0.2) is 18.2 Å². The third-order valence-corrected chi connectivity index (χ3v) is 2.37. The first-order valence-electron chi connectivity index (χ1n) is 4.53. The number of hydrogen-bond acceptors (Lipinski definition) is 2. The lowest BCUT2D eigenvalue weighted by Gasteiger charge is -2.17. The number of nitrogens with two attached hydrogens (primary N) is 1. The van der Waals surface area contributed by atoms with Crippen LogP contribution in [0.1, 0.15) is 24.1 Å². The maximum atomic E-state index is 12.5. The van der Waals surface area contributed by atoms with Gasteiger partial charge in [-0.1, -0.05) is 11.6 Å². The Kier molecular flexibility index (Phi) is 5.74. The van der Waals surface area contributed by atoms with Gasteiger partial charge in [0.2, 0.25) is 0 Å². The van der Waals surface area contributed by atoms with Crippen molar-refractivity contribution >= 4 is 24.0 Å². The van der Waals surface area contributed by atoms with E-state index in [2.05, 4.69) is 0 Å². The summed E-state index contributed by atoms with van der Waals surface area (Å²) in [6.45, 7) is 1.40. The third kappa shape index (κ3) is 4.35. The molecule has 0 aromatic heterocycles. The van der Waals surface area contributed by atoms with Gasteiger partial charge >= 0.3 is 6.18 Å². The van der Waals surface area contributed by atoms with E-state index in [0.717, 1.165) is 12.1 Å². The minimum atomic E-state index is -4.47. The molecule has 1 rings (SSSR count). The average molecular weight is 290 g/mol. The summed E-state index contributed by atoms with van der Waals surface area (Å²) in [5, 5.41) is 9.15. The molecule has 7 heteroatoms. The summed E-state index contributed by atoms with van der Waals surface area (Å²) in [5.74, 6) is 0. The second-order valence-corrected chi connectivity index (χ2v) is 3.97. The normalized spacial score (nSPS) is 15.0. The second-order valence-electron chi connectivity index (χ2n) is 3.54. The molecule has 0 fully saturated rings. The molecule has 0 aliphatic carbocycles. The Labute approximate surface area is 108 Å². The topological polar surface area (TPSA) is 46.2 Å². The quantitative estimate of drug-likeness (QED) is 0.878. The lowest BCUT2D eigenvalue weighted by atomic mass is 10.0. The van der Waals surface area contributed by atoms with Crippen molar-refractivity contribution in [1.82, 2.24) is 0 Å². The monoisotopic (exact) mass is 289 g/mol. The predicted octanol–water partition coefficient (Wildman–Crippen LogP) is 3.16. The molecule has 0 saturated heterocycles. The molecule has 1 aromatic rings. The zero-order valence-electron chi connectivity index (χ0n) is 8.83. The standard InChI is InChI=1S/C10H11ClF3NO.ClH/c1-5(16)9(15)6-2-7(10(12,13)14)4-8(11)3-6;/h2-5,9,16H,15H2,1H3;1H/t5-,9-;/m1./s1. The molecule has 0 saturated carbocycles. The molecular weight excluding hydrogens is 278 g/mol. The van der Waals surface area contributed by atoms with Gasteiger partial charge in [0.05, 0.1) is 17.7 Å². The molecule has 0 radical (unpaired) electrons. The van der Waals surface area contributed by atoms with Crippen LogP contribution in [0.4, 0.5) is 13.2 Å². The van der Waals surface area contributed by atoms with Crippen LogP contribution in [0.2, 0.25) is 5.02 Å². The van der Waals surface area contributed by atoms with Crippen LogP contribution in [-0.4, -0.2) is 11.2 Å². The number of hydrogen-bond donors (Lipinski definition) is 2. The lowest BCUT2D eigenvalue weighted by molar-refractivity contribution is -0.137. The molecule has 3 N–H and O–H groups in total. The van der Waals surface area contributed by atoms with Crippen LogP contribution in [0, 0.1) is 0 Å². The minimum absolute atomic E-state index is 0. The van der Waals surface area contributed by atoms with Crippen molar-refractivity contribution < 1.29 is 18.3 Å². The summed E-state index contributed by atoms with van der Waals surface area (Å²) >= 11 is 5.57. The highest BCUT2D eigenvalue weighted by Gasteiger charge is 2.31. The number of aliphatic hydroxyl groups is 1. The highest BCUT2D eigenvalue weighted by Crippen LogP contribution is 2.33. The average Bonchev–Trinajstić information content (AvgIpc) is 2.14. The van der Waals surface area contributed by atoms with Gasteiger partial charge in [0.15, 0.2) is 0 Å². The highest BCUT2D eigenvalue weighted by atomic mass is 35.5. The Morgan fingerprint density at radius 1 is 1.29 bits per heavy atom. The zero-order chi connectivity index (χ0) is 12.5. The van der Waals surface area contributed by atoms with E-state index in [1.807, 2.05) is 0 Å². The molecule has 2 nitrogen and oxygen atoms in total. The molecule has 0 bridgehead atoms. The SMILES string of the molecule is C[C@@H](O)[C@@H](N)c1cc(Cl)cc(C(F)(F)F)c1.Cl. The fourth-order valence-corrected chi connectivity index (χ4v) is 1.49. The molecule has 0 aliphatic heterocycles. The zero-order valence-corrected chi connectivity index (χ0v) is 10.4. The molecular formula is C10H12Cl2F3NO. The van der Waals surface area contributed by atoms with Crippen LogP contribution < -0.4 is 5.73 Å². The first-order valence-corrected chi connectivity index (χ1v) is 4.91. The van der Waals surface area contributed by atoms with Crippen LogP contribution in [-0.2, 0) is 6.18 Å². The first kappa shape index (κ1) is 16.5. The van der Waals surface area contributed by atoms with Crippen molar-refractivity contribution in [2.45, 2.75) is 25.2 Å². The van der Waals surface area contributed by atoms with Gasteiger partial charge in [-0.3, -0.25) is 0 Å². The van der Waals surface area contributed by atoms with Crippen molar-refractivity contribution in [1.29, 1.82) is 0 Å². The second kappa shape index (κ2) is 5.91. The van der Waals surface area contributed by atoms with E-state index in [9.17, 15) is 18.3 Å². The van der Waals surface area contributed by atoms with Crippen molar-refractivity contribution in [2.24, 2.45) is 5.73 Å². The smallest absolute Gasteiger partial charge is 0.391 e. The van der Waals surface area contributed by atoms with Crippen LogP contribution in [0.3, 0.4) is 0 Å². The molecule has 2 atom stereocenters. The Morgan fingerprint density at radius 2 is 1.82 bits per heavy atom. The summed E-state index contributed by atoms with van der Waals surface area (Å²) in [5.41, 5.74) is 4.84. The summed E-state index contributed by atoms with van der Waals surface area (Å²) < 4.78 is 37.4. The summed E-state index contributed by atoms with van der Waals surface area (Å²) in [6.07, 6.45) is -5.42. The summed E-state index contributed by atoms with van der Waals surface area (Å²) in [4.78, 5) is 0. The van der Waals surface area contributed by atoms with E-state index in [1.54, 1.807) is 0 Å². The number of benzene rings is 1. The molecule has 0 spiro atoms. The molecule has 17 heavy (non-hydrogen) atoms. The van der Waals surface area contributed by atoms with E-state index in [1.165, 1.54) is 13.0 Å². The van der Waals surface area contributed by atoms with Crippen LogP contribution in [0.25, 0.3) is 0 Å². The number of aliphatic hydroxyl groups excluding tert-OH is 1. The Morgan fingerprint density at radius 3 is 2.24 bits per heavy atom. The van der Waals surface area contributed by atoms with Crippen LogP contribution in [0.5, 0.6) is 0 Å². The fraction of sp³-hybridized carbons (Fsp3) is 0.400. The highest BCUT2D eigenvalue weighted by molar-refractivity contribution is 6.30. The largest absolute Gasteiger partial charge is 0.416 e. The van der Waals surface area contributed by atoms with Crippen molar-refractivity contribution in [3.05, 3.63) is 34.3 Å². The molecule has 0 aliphatic rings. The number of halogens is 5. The Hall–Kier alpha value is -0.490. The Balaban J connectivity index is 0.00000256. The van der Waals surface area contributed by atoms with Crippen molar-refractivity contribution in [3.63, 3.8) is 0 Å². The van der Waals surface area contributed by atoms with E-state index >= 15 is 0 Å². The maximum Gasteiger partial charge on any atom is 0.416 e. The molecule has 0 amide bonds. The van der Waals surface area contributed by atoms with E-state index in [-0.39, 0.29) is 23.0 Å². The van der Waals surface area contributed by atoms with Gasteiger partial charge in [-0.15, -0.1) is 12.4 Å².